The lowest BCUT2D eigenvalue weighted by atomic mass is 9.96. The van der Waals surface area contributed by atoms with Crippen molar-refractivity contribution in [2.24, 2.45) is 5.92 Å². The summed E-state index contributed by atoms with van der Waals surface area (Å²) in [5.41, 5.74) is 3.86. The maximum Gasteiger partial charge on any atom is 0.223 e. The van der Waals surface area contributed by atoms with Gasteiger partial charge in [-0.2, -0.15) is 10.2 Å². The first-order chi connectivity index (χ1) is 17.5. The zero-order chi connectivity index (χ0) is 25.1. The Morgan fingerprint density at radius 1 is 0.972 bits per heavy atom. The Hall–Kier alpha value is -3.04. The number of piperazine rings is 1. The van der Waals surface area contributed by atoms with E-state index in [2.05, 4.69) is 56.2 Å². The van der Waals surface area contributed by atoms with E-state index in [1.807, 2.05) is 29.8 Å². The van der Waals surface area contributed by atoms with Gasteiger partial charge in [0.15, 0.2) is 5.82 Å². The first-order valence-corrected chi connectivity index (χ1v) is 13.3. The standard InChI is InChI=1S/C27H38N8O/c1-4-32-16-18-33(19-17-32)15-12-28-27(36)22-10-13-34(14-11-22)26-25-24(20(2)29-30-26)21(3)35(31-25)23-8-6-5-7-9-23/h5-9,22H,4,10-19H2,1-3H3,(H,28,36). The summed E-state index contributed by atoms with van der Waals surface area (Å²) in [4.78, 5) is 20.0. The van der Waals surface area contributed by atoms with Crippen LogP contribution in [0.5, 0.6) is 0 Å². The Kier molecular flexibility index (Phi) is 7.48. The van der Waals surface area contributed by atoms with Crippen LogP contribution in [0.2, 0.25) is 0 Å². The average Bonchev–Trinajstić information content (AvgIpc) is 3.28. The largest absolute Gasteiger partial charge is 0.355 e. The molecular formula is C27H38N8O. The number of benzene rings is 1. The molecule has 9 nitrogen and oxygen atoms in total. The zero-order valence-corrected chi connectivity index (χ0v) is 21.8. The van der Waals surface area contributed by atoms with Gasteiger partial charge in [-0.25, -0.2) is 4.68 Å². The quantitative estimate of drug-likeness (QED) is 0.545. The summed E-state index contributed by atoms with van der Waals surface area (Å²) < 4.78 is 1.98. The number of rotatable bonds is 7. The maximum absolute atomic E-state index is 12.8. The topological polar surface area (TPSA) is 82.4 Å². The summed E-state index contributed by atoms with van der Waals surface area (Å²) in [6.45, 7) is 15.1. The fraction of sp³-hybridized carbons (Fsp3) is 0.556. The second-order valence-electron chi connectivity index (χ2n) is 9.99. The van der Waals surface area contributed by atoms with E-state index < -0.39 is 0 Å². The van der Waals surface area contributed by atoms with Gasteiger partial charge in [0.1, 0.15) is 5.52 Å². The molecule has 1 N–H and O–H groups in total. The molecule has 0 spiro atoms. The number of likely N-dealkylation sites (N-methyl/N-ethyl adjacent to an activating group) is 1. The lowest BCUT2D eigenvalue weighted by Crippen LogP contribution is -2.49. The number of anilines is 1. The number of nitrogens with one attached hydrogen (secondary N) is 1. The second-order valence-corrected chi connectivity index (χ2v) is 9.99. The van der Waals surface area contributed by atoms with Crippen LogP contribution < -0.4 is 10.2 Å². The minimum atomic E-state index is 0.0516. The predicted octanol–water partition coefficient (Wildman–Crippen LogP) is 2.40. The van der Waals surface area contributed by atoms with Crippen molar-refractivity contribution in [3.05, 3.63) is 41.7 Å². The van der Waals surface area contributed by atoms with Gasteiger partial charge in [0.25, 0.3) is 0 Å². The molecule has 4 heterocycles. The van der Waals surface area contributed by atoms with Gasteiger partial charge in [-0.1, -0.05) is 25.1 Å². The van der Waals surface area contributed by atoms with Crippen molar-refractivity contribution in [2.75, 3.05) is 63.8 Å². The number of fused-ring (bicyclic) bond motifs is 1. The predicted molar refractivity (Wildman–Crippen MR) is 143 cm³/mol. The summed E-state index contributed by atoms with van der Waals surface area (Å²) >= 11 is 0. The highest BCUT2D eigenvalue weighted by Gasteiger charge is 2.28. The number of amides is 1. The van der Waals surface area contributed by atoms with Gasteiger partial charge < -0.3 is 15.1 Å². The van der Waals surface area contributed by atoms with Crippen LogP contribution in [0.3, 0.4) is 0 Å². The van der Waals surface area contributed by atoms with Gasteiger partial charge in [-0.3, -0.25) is 9.69 Å². The normalized spacial score (nSPS) is 18.1. The molecule has 9 heteroatoms. The van der Waals surface area contributed by atoms with Crippen LogP contribution in [0.1, 0.15) is 31.2 Å². The molecule has 0 saturated carbocycles. The van der Waals surface area contributed by atoms with E-state index in [4.69, 9.17) is 5.10 Å². The number of aryl methyl sites for hydroxylation is 2. The SMILES string of the molecule is CCN1CCN(CCNC(=O)C2CCN(c3nnc(C)c4c(C)n(-c5ccccc5)nc34)CC2)CC1. The van der Waals surface area contributed by atoms with Gasteiger partial charge in [-0.05, 0) is 45.4 Å². The minimum Gasteiger partial charge on any atom is -0.355 e. The Bertz CT molecular complexity index is 1180. The molecule has 0 aliphatic carbocycles. The van der Waals surface area contributed by atoms with E-state index >= 15 is 0 Å². The van der Waals surface area contributed by atoms with Crippen molar-refractivity contribution in [1.82, 2.24) is 35.1 Å². The van der Waals surface area contributed by atoms with Crippen LogP contribution in [-0.2, 0) is 4.79 Å². The molecule has 2 aliphatic heterocycles. The summed E-state index contributed by atoms with van der Waals surface area (Å²) in [5, 5.41) is 18.2. The van der Waals surface area contributed by atoms with Crippen LogP contribution in [0, 0.1) is 19.8 Å². The van der Waals surface area contributed by atoms with Gasteiger partial charge >= 0.3 is 0 Å². The number of carbonyl (C=O) groups is 1. The molecule has 2 saturated heterocycles. The highest BCUT2D eigenvalue weighted by Crippen LogP contribution is 2.31. The molecular weight excluding hydrogens is 452 g/mol. The molecule has 192 valence electrons. The third-order valence-electron chi connectivity index (χ3n) is 7.79. The Balaban J connectivity index is 1.19. The third kappa shape index (κ3) is 5.08. The lowest BCUT2D eigenvalue weighted by Gasteiger charge is -2.34. The minimum absolute atomic E-state index is 0.0516. The maximum atomic E-state index is 12.8. The fourth-order valence-corrected chi connectivity index (χ4v) is 5.51. The molecule has 0 unspecified atom stereocenters. The number of hydrogen-bond acceptors (Lipinski definition) is 7. The van der Waals surface area contributed by atoms with Crippen LogP contribution in [0.25, 0.3) is 16.6 Å². The van der Waals surface area contributed by atoms with Gasteiger partial charge in [-0.15, -0.1) is 5.10 Å². The van der Waals surface area contributed by atoms with Crippen LogP contribution in [0.15, 0.2) is 30.3 Å². The second kappa shape index (κ2) is 10.9. The van der Waals surface area contributed by atoms with Crippen molar-refractivity contribution in [3.8, 4) is 5.69 Å². The third-order valence-corrected chi connectivity index (χ3v) is 7.79. The number of hydrogen-bond donors (Lipinski definition) is 1. The first kappa shape index (κ1) is 24.6. The molecule has 2 aliphatic rings. The van der Waals surface area contributed by atoms with Crippen molar-refractivity contribution >= 4 is 22.6 Å². The Labute approximate surface area is 213 Å². The van der Waals surface area contributed by atoms with E-state index in [0.29, 0.717) is 0 Å². The van der Waals surface area contributed by atoms with Gasteiger partial charge in [0.05, 0.1) is 22.5 Å². The Morgan fingerprint density at radius 2 is 1.67 bits per heavy atom. The average molecular weight is 491 g/mol. The molecule has 36 heavy (non-hydrogen) atoms. The van der Waals surface area contributed by atoms with E-state index in [0.717, 1.165) is 106 Å². The molecule has 1 amide bonds. The van der Waals surface area contributed by atoms with Gasteiger partial charge in [0, 0.05) is 58.3 Å². The lowest BCUT2D eigenvalue weighted by molar-refractivity contribution is -0.125. The molecule has 1 aromatic carbocycles. The molecule has 2 aromatic heterocycles. The van der Waals surface area contributed by atoms with Gasteiger partial charge in [0.2, 0.25) is 5.91 Å². The highest BCUT2D eigenvalue weighted by molar-refractivity contribution is 5.92. The number of nitrogens with zero attached hydrogens (tertiary/aromatic N) is 7. The van der Waals surface area contributed by atoms with E-state index in [-0.39, 0.29) is 11.8 Å². The number of para-hydroxylation sites is 1. The van der Waals surface area contributed by atoms with E-state index in [1.54, 1.807) is 0 Å². The summed E-state index contributed by atoms with van der Waals surface area (Å²) in [7, 11) is 0. The summed E-state index contributed by atoms with van der Waals surface area (Å²) in [6, 6.07) is 10.2. The van der Waals surface area contributed by atoms with Crippen LogP contribution in [-0.4, -0.2) is 94.6 Å². The van der Waals surface area contributed by atoms with Crippen molar-refractivity contribution in [2.45, 2.75) is 33.6 Å². The molecule has 0 atom stereocenters. The molecule has 3 aromatic rings. The van der Waals surface area contributed by atoms with Crippen molar-refractivity contribution in [3.63, 3.8) is 0 Å². The fourth-order valence-electron chi connectivity index (χ4n) is 5.51. The smallest absolute Gasteiger partial charge is 0.223 e. The first-order valence-electron chi connectivity index (χ1n) is 13.3. The molecule has 5 rings (SSSR count). The van der Waals surface area contributed by atoms with Crippen LogP contribution in [0.4, 0.5) is 5.82 Å². The molecule has 0 bridgehead atoms. The van der Waals surface area contributed by atoms with Crippen LogP contribution >= 0.6 is 0 Å². The number of piperidine rings is 1. The zero-order valence-electron chi connectivity index (χ0n) is 21.8. The van der Waals surface area contributed by atoms with Crippen molar-refractivity contribution < 1.29 is 4.79 Å². The summed E-state index contributed by atoms with van der Waals surface area (Å²) in [5.74, 6) is 1.06. The summed E-state index contributed by atoms with van der Waals surface area (Å²) in [6.07, 6.45) is 1.63. The number of aromatic nitrogens is 4. The molecule has 0 radical (unpaired) electrons. The Morgan fingerprint density at radius 3 is 2.36 bits per heavy atom. The monoisotopic (exact) mass is 490 g/mol. The molecule has 2 fully saturated rings. The van der Waals surface area contributed by atoms with E-state index in [9.17, 15) is 4.79 Å². The number of carbonyl (C=O) groups excluding carboxylic acids is 1. The van der Waals surface area contributed by atoms with E-state index in [1.165, 1.54) is 0 Å². The highest BCUT2D eigenvalue weighted by atomic mass is 16.1. The van der Waals surface area contributed by atoms with Crippen molar-refractivity contribution in [1.29, 1.82) is 0 Å².